The predicted octanol–water partition coefficient (Wildman–Crippen LogP) is 2.81. The van der Waals surface area contributed by atoms with Gasteiger partial charge in [0.15, 0.2) is 0 Å². The Bertz CT molecular complexity index is 743. The van der Waals surface area contributed by atoms with E-state index in [-0.39, 0.29) is 11.8 Å². The van der Waals surface area contributed by atoms with Crippen molar-refractivity contribution >= 4 is 17.4 Å². The molecule has 23 heavy (non-hydrogen) atoms. The molecule has 2 aliphatic rings. The molecule has 2 aliphatic heterocycles. The Balaban J connectivity index is 1.49. The Morgan fingerprint density at radius 1 is 1.13 bits per heavy atom. The van der Waals surface area contributed by atoms with Gasteiger partial charge in [0.25, 0.3) is 0 Å². The number of nitrogens with zero attached hydrogens (tertiary/aromatic N) is 3. The molecule has 0 saturated carbocycles. The molecule has 4 rings (SSSR count). The van der Waals surface area contributed by atoms with E-state index in [0.717, 1.165) is 49.7 Å². The van der Waals surface area contributed by atoms with Crippen LogP contribution in [-0.2, 0) is 11.2 Å². The number of aromatic nitrogens is 1. The van der Waals surface area contributed by atoms with Crippen molar-refractivity contribution < 1.29 is 4.79 Å². The fourth-order valence-electron chi connectivity index (χ4n) is 3.66. The molecular formula is C19H21N3O. The van der Waals surface area contributed by atoms with Crippen LogP contribution in [0.4, 0.5) is 11.5 Å². The Hall–Kier alpha value is -2.36. The second-order valence-electron chi connectivity index (χ2n) is 6.44. The number of carbonyl (C=O) groups excluding carboxylic acids is 1. The van der Waals surface area contributed by atoms with Crippen molar-refractivity contribution in [3.8, 4) is 0 Å². The van der Waals surface area contributed by atoms with E-state index in [9.17, 15) is 4.79 Å². The van der Waals surface area contributed by atoms with Crippen molar-refractivity contribution in [3.63, 3.8) is 0 Å². The molecule has 1 aromatic heterocycles. The number of anilines is 2. The van der Waals surface area contributed by atoms with E-state index >= 15 is 0 Å². The molecule has 0 aliphatic carbocycles. The molecule has 0 bridgehead atoms. The van der Waals surface area contributed by atoms with Crippen molar-refractivity contribution in [2.45, 2.75) is 19.8 Å². The highest BCUT2D eigenvalue weighted by Gasteiger charge is 2.34. The number of fused-ring (bicyclic) bond motifs is 1. The highest BCUT2D eigenvalue weighted by molar-refractivity contribution is 5.97. The van der Waals surface area contributed by atoms with E-state index in [1.165, 1.54) is 5.56 Å². The largest absolute Gasteiger partial charge is 0.356 e. The minimum absolute atomic E-state index is 0.0727. The van der Waals surface area contributed by atoms with Crippen molar-refractivity contribution in [2.75, 3.05) is 29.4 Å². The zero-order valence-electron chi connectivity index (χ0n) is 13.4. The summed E-state index contributed by atoms with van der Waals surface area (Å²) >= 11 is 0. The number of carbonyl (C=O) groups is 1. The molecule has 1 aromatic carbocycles. The third-order valence-electron chi connectivity index (χ3n) is 4.89. The van der Waals surface area contributed by atoms with Gasteiger partial charge in [0, 0.05) is 31.0 Å². The van der Waals surface area contributed by atoms with Crippen LogP contribution < -0.4 is 9.80 Å². The van der Waals surface area contributed by atoms with Crippen LogP contribution in [0.1, 0.15) is 17.7 Å². The Labute approximate surface area is 136 Å². The van der Waals surface area contributed by atoms with Gasteiger partial charge in [0.2, 0.25) is 5.91 Å². The lowest BCUT2D eigenvalue weighted by Crippen LogP contribution is -2.36. The fraction of sp³-hybridized carbons (Fsp3) is 0.368. The van der Waals surface area contributed by atoms with Gasteiger partial charge in [-0.15, -0.1) is 0 Å². The molecule has 1 fully saturated rings. The summed E-state index contributed by atoms with van der Waals surface area (Å²) in [6.07, 6.45) is 1.88. The summed E-state index contributed by atoms with van der Waals surface area (Å²) < 4.78 is 0. The van der Waals surface area contributed by atoms with Crippen LogP contribution in [0.2, 0.25) is 0 Å². The summed E-state index contributed by atoms with van der Waals surface area (Å²) in [5.74, 6) is 1.33. The monoisotopic (exact) mass is 307 g/mol. The fourth-order valence-corrected chi connectivity index (χ4v) is 3.66. The molecule has 1 atom stereocenters. The number of aryl methyl sites for hydroxylation is 1. The quantitative estimate of drug-likeness (QED) is 0.856. The van der Waals surface area contributed by atoms with Crippen molar-refractivity contribution in [2.24, 2.45) is 5.92 Å². The molecule has 0 N–H and O–H groups in total. The number of benzene rings is 1. The van der Waals surface area contributed by atoms with E-state index in [1.54, 1.807) is 0 Å². The highest BCUT2D eigenvalue weighted by atomic mass is 16.2. The first-order valence-electron chi connectivity index (χ1n) is 8.30. The normalized spacial score (nSPS) is 20.0. The smallest absolute Gasteiger partial charge is 0.231 e. The van der Waals surface area contributed by atoms with Gasteiger partial charge in [0.1, 0.15) is 5.82 Å². The second-order valence-corrected chi connectivity index (χ2v) is 6.44. The minimum atomic E-state index is 0.0727. The van der Waals surface area contributed by atoms with Gasteiger partial charge in [-0.25, -0.2) is 4.98 Å². The van der Waals surface area contributed by atoms with Gasteiger partial charge in [-0.05, 0) is 43.5 Å². The third-order valence-corrected chi connectivity index (χ3v) is 4.89. The lowest BCUT2D eigenvalue weighted by Gasteiger charge is -2.22. The molecule has 4 heteroatoms. The topological polar surface area (TPSA) is 36.4 Å². The van der Waals surface area contributed by atoms with Crippen LogP contribution >= 0.6 is 0 Å². The van der Waals surface area contributed by atoms with Gasteiger partial charge < -0.3 is 9.80 Å². The first kappa shape index (κ1) is 14.2. The van der Waals surface area contributed by atoms with Crippen LogP contribution in [0.5, 0.6) is 0 Å². The first-order chi connectivity index (χ1) is 11.2. The SMILES string of the molecule is Cc1cccc(N2CCC(C(=O)N3CCc4ccccc43)C2)n1. The Morgan fingerprint density at radius 3 is 2.87 bits per heavy atom. The molecule has 2 aromatic rings. The second kappa shape index (κ2) is 5.69. The zero-order valence-corrected chi connectivity index (χ0v) is 13.4. The summed E-state index contributed by atoms with van der Waals surface area (Å²) in [6.45, 7) is 4.50. The third kappa shape index (κ3) is 2.58. The summed E-state index contributed by atoms with van der Waals surface area (Å²) in [6, 6.07) is 14.3. The van der Waals surface area contributed by atoms with Crippen LogP contribution in [0.25, 0.3) is 0 Å². The zero-order chi connectivity index (χ0) is 15.8. The first-order valence-corrected chi connectivity index (χ1v) is 8.30. The van der Waals surface area contributed by atoms with Gasteiger partial charge >= 0.3 is 0 Å². The number of para-hydroxylation sites is 1. The molecule has 1 unspecified atom stereocenters. The van der Waals surface area contributed by atoms with Crippen LogP contribution in [0.3, 0.4) is 0 Å². The molecule has 0 spiro atoms. The number of hydrogen-bond donors (Lipinski definition) is 0. The lowest BCUT2D eigenvalue weighted by atomic mass is 10.1. The standard InChI is InChI=1S/C19H21N3O/c1-14-5-4-8-18(20-14)21-11-9-16(13-21)19(23)22-12-10-15-6-2-3-7-17(15)22/h2-8,16H,9-13H2,1H3. The van der Waals surface area contributed by atoms with E-state index in [4.69, 9.17) is 0 Å². The van der Waals surface area contributed by atoms with E-state index < -0.39 is 0 Å². The summed E-state index contributed by atoms with van der Waals surface area (Å²) in [5.41, 5.74) is 3.41. The Morgan fingerprint density at radius 2 is 2.00 bits per heavy atom. The average Bonchev–Trinajstić information content (AvgIpc) is 3.22. The number of amides is 1. The maximum Gasteiger partial charge on any atom is 0.231 e. The maximum absolute atomic E-state index is 12.9. The maximum atomic E-state index is 12.9. The van der Waals surface area contributed by atoms with E-state index in [0.29, 0.717) is 0 Å². The number of hydrogen-bond acceptors (Lipinski definition) is 3. The Kier molecular flexibility index (Phi) is 3.52. The molecule has 0 radical (unpaired) electrons. The van der Waals surface area contributed by atoms with Gasteiger partial charge in [-0.2, -0.15) is 0 Å². The van der Waals surface area contributed by atoms with E-state index in [2.05, 4.69) is 22.0 Å². The van der Waals surface area contributed by atoms with Crippen LogP contribution in [0.15, 0.2) is 42.5 Å². The predicted molar refractivity (Wildman–Crippen MR) is 91.8 cm³/mol. The summed E-state index contributed by atoms with van der Waals surface area (Å²) in [4.78, 5) is 21.7. The minimum Gasteiger partial charge on any atom is -0.356 e. The molecule has 1 amide bonds. The van der Waals surface area contributed by atoms with Gasteiger partial charge in [-0.3, -0.25) is 4.79 Å². The van der Waals surface area contributed by atoms with Gasteiger partial charge in [0.05, 0.1) is 5.92 Å². The molecule has 1 saturated heterocycles. The van der Waals surface area contributed by atoms with Crippen LogP contribution in [-0.4, -0.2) is 30.5 Å². The lowest BCUT2D eigenvalue weighted by molar-refractivity contribution is -0.121. The average molecular weight is 307 g/mol. The molecule has 3 heterocycles. The molecule has 4 nitrogen and oxygen atoms in total. The van der Waals surface area contributed by atoms with Crippen molar-refractivity contribution in [1.29, 1.82) is 0 Å². The van der Waals surface area contributed by atoms with Crippen molar-refractivity contribution in [3.05, 3.63) is 53.7 Å². The van der Waals surface area contributed by atoms with E-state index in [1.807, 2.05) is 42.2 Å². The molecular weight excluding hydrogens is 286 g/mol. The van der Waals surface area contributed by atoms with Gasteiger partial charge in [-0.1, -0.05) is 24.3 Å². The van der Waals surface area contributed by atoms with Crippen molar-refractivity contribution in [1.82, 2.24) is 4.98 Å². The summed E-state index contributed by atoms with van der Waals surface area (Å²) in [7, 11) is 0. The summed E-state index contributed by atoms with van der Waals surface area (Å²) in [5, 5.41) is 0. The highest BCUT2D eigenvalue weighted by Crippen LogP contribution is 2.31. The molecule has 118 valence electrons. The van der Waals surface area contributed by atoms with Crippen LogP contribution in [0, 0.1) is 12.8 Å². The number of pyridine rings is 1. The number of rotatable bonds is 2.